The fraction of sp³-hybridized carbons (Fsp3) is 0.333. The summed E-state index contributed by atoms with van der Waals surface area (Å²) in [6, 6.07) is 8.19. The number of aromatic nitrogens is 2. The van der Waals surface area contributed by atoms with E-state index in [1.165, 1.54) is 35.8 Å². The summed E-state index contributed by atoms with van der Waals surface area (Å²) in [5.74, 6) is 1.98. The summed E-state index contributed by atoms with van der Waals surface area (Å²) in [5.41, 5.74) is 2.40. The summed E-state index contributed by atoms with van der Waals surface area (Å²) >= 11 is 3.52. The molecular formula is C18H20N2OS2. The lowest BCUT2D eigenvalue weighted by Gasteiger charge is -2.06. The summed E-state index contributed by atoms with van der Waals surface area (Å²) in [7, 11) is 1.69. The highest BCUT2D eigenvalue weighted by Gasteiger charge is 2.13. The number of unbranched alkanes of at least 4 members (excludes halogenated alkanes) is 2. The molecule has 0 radical (unpaired) electrons. The molecule has 0 spiro atoms. The van der Waals surface area contributed by atoms with Gasteiger partial charge < -0.3 is 4.74 Å². The quantitative estimate of drug-likeness (QED) is 0.315. The van der Waals surface area contributed by atoms with Crippen LogP contribution in [0.25, 0.3) is 21.3 Å². The summed E-state index contributed by atoms with van der Waals surface area (Å²) in [4.78, 5) is 10.0. The summed E-state index contributed by atoms with van der Waals surface area (Å²) < 4.78 is 5.25. The van der Waals surface area contributed by atoms with Crippen LogP contribution >= 0.6 is 23.1 Å². The molecule has 0 aliphatic carbocycles. The van der Waals surface area contributed by atoms with Crippen molar-refractivity contribution in [2.24, 2.45) is 0 Å². The molecule has 0 saturated carbocycles. The molecule has 120 valence electrons. The molecule has 1 aromatic carbocycles. The molecule has 0 fully saturated rings. The van der Waals surface area contributed by atoms with Gasteiger partial charge in [0, 0.05) is 10.9 Å². The van der Waals surface area contributed by atoms with Gasteiger partial charge in [0.25, 0.3) is 0 Å². The van der Waals surface area contributed by atoms with Gasteiger partial charge in [0.2, 0.25) is 0 Å². The largest absolute Gasteiger partial charge is 0.497 e. The molecule has 0 bridgehead atoms. The monoisotopic (exact) mass is 344 g/mol. The van der Waals surface area contributed by atoms with Gasteiger partial charge in [0.15, 0.2) is 0 Å². The van der Waals surface area contributed by atoms with Crippen molar-refractivity contribution in [1.29, 1.82) is 0 Å². The van der Waals surface area contributed by atoms with Crippen molar-refractivity contribution in [3.63, 3.8) is 0 Å². The second kappa shape index (κ2) is 7.79. The van der Waals surface area contributed by atoms with Crippen LogP contribution in [-0.4, -0.2) is 22.8 Å². The Morgan fingerprint density at radius 3 is 2.70 bits per heavy atom. The Morgan fingerprint density at radius 1 is 1.13 bits per heavy atom. The van der Waals surface area contributed by atoms with Gasteiger partial charge >= 0.3 is 0 Å². The van der Waals surface area contributed by atoms with Crippen LogP contribution in [0.3, 0.4) is 0 Å². The first kappa shape index (κ1) is 16.3. The van der Waals surface area contributed by atoms with Crippen LogP contribution in [0.1, 0.15) is 26.2 Å². The van der Waals surface area contributed by atoms with Crippen molar-refractivity contribution < 1.29 is 4.74 Å². The smallest absolute Gasteiger partial charge is 0.128 e. The van der Waals surface area contributed by atoms with E-state index in [4.69, 9.17) is 4.74 Å². The van der Waals surface area contributed by atoms with Crippen LogP contribution in [-0.2, 0) is 0 Å². The Kier molecular flexibility index (Phi) is 5.51. The molecule has 0 saturated heterocycles. The van der Waals surface area contributed by atoms with E-state index in [9.17, 15) is 0 Å². The molecular weight excluding hydrogens is 324 g/mol. The second-order valence-electron chi connectivity index (χ2n) is 5.29. The second-order valence-corrected chi connectivity index (χ2v) is 7.23. The van der Waals surface area contributed by atoms with Gasteiger partial charge in [0.05, 0.1) is 12.5 Å². The zero-order valence-electron chi connectivity index (χ0n) is 13.4. The van der Waals surface area contributed by atoms with Gasteiger partial charge in [-0.2, -0.15) is 0 Å². The van der Waals surface area contributed by atoms with E-state index >= 15 is 0 Å². The highest BCUT2D eigenvalue weighted by atomic mass is 32.2. The number of rotatable bonds is 7. The number of nitrogens with zero attached hydrogens (tertiary/aromatic N) is 2. The molecule has 23 heavy (non-hydrogen) atoms. The maximum Gasteiger partial charge on any atom is 0.128 e. The average molecular weight is 345 g/mol. The molecule has 0 atom stereocenters. The Bertz CT molecular complexity index is 768. The molecule has 2 heterocycles. The van der Waals surface area contributed by atoms with Gasteiger partial charge in [0.1, 0.15) is 21.9 Å². The number of hydrogen-bond donors (Lipinski definition) is 0. The van der Waals surface area contributed by atoms with Gasteiger partial charge in [-0.25, -0.2) is 9.97 Å². The van der Waals surface area contributed by atoms with Crippen LogP contribution in [0.4, 0.5) is 0 Å². The summed E-state index contributed by atoms with van der Waals surface area (Å²) in [6.45, 7) is 2.23. The number of hydrogen-bond acceptors (Lipinski definition) is 5. The van der Waals surface area contributed by atoms with E-state index in [0.29, 0.717) is 0 Å². The fourth-order valence-electron chi connectivity index (χ4n) is 2.46. The Hall–Kier alpha value is -1.59. The van der Waals surface area contributed by atoms with Gasteiger partial charge in [-0.05, 0) is 29.9 Å². The zero-order valence-corrected chi connectivity index (χ0v) is 15.0. The van der Waals surface area contributed by atoms with Crippen LogP contribution in [0, 0.1) is 0 Å². The molecule has 0 aliphatic rings. The lowest BCUT2D eigenvalue weighted by molar-refractivity contribution is 0.415. The third-order valence-corrected chi connectivity index (χ3v) is 5.69. The molecule has 5 heteroatoms. The first-order valence-corrected chi connectivity index (χ1v) is 9.69. The average Bonchev–Trinajstić information content (AvgIpc) is 3.04. The van der Waals surface area contributed by atoms with Crippen molar-refractivity contribution in [1.82, 2.24) is 9.97 Å². The Labute approximate surface area is 145 Å². The minimum absolute atomic E-state index is 0.874. The zero-order chi connectivity index (χ0) is 16.1. The molecule has 0 unspecified atom stereocenters. The van der Waals surface area contributed by atoms with Crippen LogP contribution in [0.2, 0.25) is 0 Å². The molecule has 3 rings (SSSR count). The SMILES string of the molecule is CCCCCSc1ncnc2scc(-c3ccc(OC)cc3)c12. The predicted octanol–water partition coefficient (Wildman–Crippen LogP) is 5.65. The maximum atomic E-state index is 5.25. The molecule has 0 aliphatic heterocycles. The predicted molar refractivity (Wildman–Crippen MR) is 99.7 cm³/mol. The van der Waals surface area contributed by atoms with Crippen LogP contribution in [0.5, 0.6) is 5.75 Å². The minimum Gasteiger partial charge on any atom is -0.497 e. The molecule has 2 aromatic heterocycles. The van der Waals surface area contributed by atoms with Crippen molar-refractivity contribution >= 4 is 33.3 Å². The molecule has 3 nitrogen and oxygen atoms in total. The maximum absolute atomic E-state index is 5.25. The van der Waals surface area contributed by atoms with Gasteiger partial charge in [-0.1, -0.05) is 31.9 Å². The number of benzene rings is 1. The summed E-state index contributed by atoms with van der Waals surface area (Å²) in [5, 5.41) is 4.46. The van der Waals surface area contributed by atoms with E-state index in [2.05, 4.69) is 34.4 Å². The van der Waals surface area contributed by atoms with E-state index in [-0.39, 0.29) is 0 Å². The van der Waals surface area contributed by atoms with E-state index in [0.717, 1.165) is 21.4 Å². The fourth-order valence-corrected chi connectivity index (χ4v) is 4.46. The van der Waals surface area contributed by atoms with Crippen molar-refractivity contribution in [2.75, 3.05) is 12.9 Å². The lowest BCUT2D eigenvalue weighted by atomic mass is 10.1. The van der Waals surface area contributed by atoms with Gasteiger partial charge in [-0.15, -0.1) is 23.1 Å². The number of thiophene rings is 1. The molecule has 3 aromatic rings. The van der Waals surface area contributed by atoms with E-state index < -0.39 is 0 Å². The minimum atomic E-state index is 0.874. The number of fused-ring (bicyclic) bond motifs is 1. The van der Waals surface area contributed by atoms with Crippen molar-refractivity contribution in [3.8, 4) is 16.9 Å². The van der Waals surface area contributed by atoms with Crippen molar-refractivity contribution in [2.45, 2.75) is 31.2 Å². The third-order valence-electron chi connectivity index (χ3n) is 3.72. The molecule has 0 N–H and O–H groups in total. The third kappa shape index (κ3) is 3.67. The van der Waals surface area contributed by atoms with Crippen LogP contribution in [0.15, 0.2) is 41.0 Å². The summed E-state index contributed by atoms with van der Waals surface area (Å²) in [6.07, 6.45) is 5.43. The van der Waals surface area contributed by atoms with E-state index in [1.54, 1.807) is 24.8 Å². The highest BCUT2D eigenvalue weighted by Crippen LogP contribution is 2.38. The highest BCUT2D eigenvalue weighted by molar-refractivity contribution is 7.99. The molecule has 0 amide bonds. The standard InChI is InChI=1S/C18H20N2OS2/c1-3-4-5-10-22-17-16-15(11-23-18(16)20-12-19-17)13-6-8-14(21-2)9-7-13/h6-9,11-12H,3-5,10H2,1-2H3. The van der Waals surface area contributed by atoms with Crippen molar-refractivity contribution in [3.05, 3.63) is 36.0 Å². The lowest BCUT2D eigenvalue weighted by Crippen LogP contribution is -1.88. The number of methoxy groups -OCH3 is 1. The first-order chi connectivity index (χ1) is 11.3. The topological polar surface area (TPSA) is 35.0 Å². The Morgan fingerprint density at radius 2 is 1.96 bits per heavy atom. The van der Waals surface area contributed by atoms with E-state index in [1.807, 2.05) is 23.9 Å². The van der Waals surface area contributed by atoms with Gasteiger partial charge in [-0.3, -0.25) is 0 Å². The number of thioether (sulfide) groups is 1. The number of ether oxygens (including phenoxy) is 1. The van der Waals surface area contributed by atoms with Crippen LogP contribution < -0.4 is 4.74 Å². The first-order valence-electron chi connectivity index (χ1n) is 7.83. The normalized spacial score (nSPS) is 11.0. The Balaban J connectivity index is 1.93.